The lowest BCUT2D eigenvalue weighted by atomic mass is 9.49. The Kier molecular flexibility index (Phi) is 5.23. The largest absolute Gasteiger partial charge is 0.487 e. The Balaban J connectivity index is 1.22. The van der Waals surface area contributed by atoms with Crippen LogP contribution in [0.25, 0.3) is 0 Å². The normalized spacial score (nSPS) is 28.7. The van der Waals surface area contributed by atoms with Crippen molar-refractivity contribution in [2.45, 2.75) is 45.1 Å². The minimum Gasteiger partial charge on any atom is -0.487 e. The van der Waals surface area contributed by atoms with Crippen molar-refractivity contribution in [2.75, 3.05) is 5.32 Å². The van der Waals surface area contributed by atoms with Gasteiger partial charge in [-0.15, -0.1) is 0 Å². The summed E-state index contributed by atoms with van der Waals surface area (Å²) in [5.74, 6) is 3.02. The van der Waals surface area contributed by atoms with Crippen molar-refractivity contribution in [1.82, 2.24) is 5.32 Å². The van der Waals surface area contributed by atoms with Crippen LogP contribution < -0.4 is 15.4 Å². The molecule has 0 aliphatic heterocycles. The molecule has 2 N–H and O–H groups in total. The second-order valence-electron chi connectivity index (χ2n) is 9.38. The molecule has 30 heavy (non-hydrogen) atoms. The quantitative estimate of drug-likeness (QED) is 0.645. The number of carbonyl (C=O) groups is 1. The molecule has 4 nitrogen and oxygen atoms in total. The Morgan fingerprint density at radius 1 is 0.933 bits per heavy atom. The van der Waals surface area contributed by atoms with Crippen molar-refractivity contribution in [1.29, 1.82) is 0 Å². The van der Waals surface area contributed by atoms with E-state index in [2.05, 4.69) is 10.6 Å². The van der Waals surface area contributed by atoms with Gasteiger partial charge in [-0.3, -0.25) is 4.79 Å². The van der Waals surface area contributed by atoms with Gasteiger partial charge < -0.3 is 15.4 Å². The van der Waals surface area contributed by atoms with Crippen molar-refractivity contribution < 1.29 is 9.53 Å². The summed E-state index contributed by atoms with van der Waals surface area (Å²) in [5, 5.41) is 6.55. The van der Waals surface area contributed by atoms with Crippen LogP contribution in [0.15, 0.2) is 54.6 Å². The number of hydrogen-bond donors (Lipinski definition) is 2. The van der Waals surface area contributed by atoms with E-state index in [0.29, 0.717) is 17.5 Å². The van der Waals surface area contributed by atoms with Gasteiger partial charge >= 0.3 is 0 Å². The SMILES string of the molecule is O=C(NC(=S)Nc1ccccc1OCc1ccccc1)C12CC3CC(CC(C3)C1)C2. The van der Waals surface area contributed by atoms with E-state index in [4.69, 9.17) is 17.0 Å². The third kappa shape index (κ3) is 3.95. The lowest BCUT2D eigenvalue weighted by molar-refractivity contribution is -0.144. The topological polar surface area (TPSA) is 50.4 Å². The first-order chi connectivity index (χ1) is 14.6. The van der Waals surface area contributed by atoms with Gasteiger partial charge in [-0.05, 0) is 86.2 Å². The van der Waals surface area contributed by atoms with Crippen molar-refractivity contribution >= 4 is 28.9 Å². The molecule has 6 rings (SSSR count). The lowest BCUT2D eigenvalue weighted by Gasteiger charge is -2.55. The Morgan fingerprint density at radius 2 is 1.53 bits per heavy atom. The first-order valence-electron chi connectivity index (χ1n) is 11.0. The smallest absolute Gasteiger partial charge is 0.232 e. The highest BCUT2D eigenvalue weighted by atomic mass is 32.1. The number of amides is 1. The maximum absolute atomic E-state index is 13.2. The fourth-order valence-corrected chi connectivity index (χ4v) is 6.41. The predicted octanol–water partition coefficient (Wildman–Crippen LogP) is 5.30. The van der Waals surface area contributed by atoms with Crippen molar-refractivity contribution in [3.8, 4) is 5.75 Å². The van der Waals surface area contributed by atoms with Crippen LogP contribution in [0.1, 0.15) is 44.1 Å². The number of ether oxygens (including phenoxy) is 1. The summed E-state index contributed by atoms with van der Waals surface area (Å²) >= 11 is 5.51. The lowest BCUT2D eigenvalue weighted by Crippen LogP contribution is -2.55. The molecule has 0 radical (unpaired) electrons. The summed E-state index contributed by atoms with van der Waals surface area (Å²) in [6, 6.07) is 17.8. The van der Waals surface area contributed by atoms with Crippen LogP contribution in [-0.4, -0.2) is 11.0 Å². The number of para-hydroxylation sites is 2. The summed E-state index contributed by atoms with van der Waals surface area (Å²) < 4.78 is 5.99. The standard InChI is InChI=1S/C25H28N2O2S/c28-23(25-13-18-10-19(14-25)12-20(11-18)15-25)27-24(30)26-21-8-4-5-9-22(21)29-16-17-6-2-1-3-7-17/h1-9,18-20H,10-16H2,(H2,26,27,28,30). The number of hydrogen-bond acceptors (Lipinski definition) is 3. The van der Waals surface area contributed by atoms with Crippen molar-refractivity contribution in [3.05, 3.63) is 60.2 Å². The Hall–Kier alpha value is -2.40. The van der Waals surface area contributed by atoms with Gasteiger partial charge in [-0.2, -0.15) is 0 Å². The van der Waals surface area contributed by atoms with Crippen LogP contribution in [0.4, 0.5) is 5.69 Å². The maximum Gasteiger partial charge on any atom is 0.232 e. The molecule has 4 fully saturated rings. The average molecular weight is 421 g/mol. The van der Waals surface area contributed by atoms with Gasteiger partial charge in [-0.25, -0.2) is 0 Å². The van der Waals surface area contributed by atoms with E-state index in [-0.39, 0.29) is 11.3 Å². The molecule has 0 atom stereocenters. The minimum absolute atomic E-state index is 0.113. The van der Waals surface area contributed by atoms with E-state index < -0.39 is 0 Å². The third-order valence-electron chi connectivity index (χ3n) is 7.12. The molecule has 4 saturated carbocycles. The van der Waals surface area contributed by atoms with E-state index in [1.807, 2.05) is 54.6 Å². The molecule has 2 aromatic rings. The van der Waals surface area contributed by atoms with Crippen molar-refractivity contribution in [2.24, 2.45) is 23.2 Å². The highest BCUT2D eigenvalue weighted by molar-refractivity contribution is 7.80. The van der Waals surface area contributed by atoms with Crippen LogP contribution in [0, 0.1) is 23.2 Å². The van der Waals surface area contributed by atoms with Gasteiger partial charge in [0.25, 0.3) is 0 Å². The molecule has 4 bridgehead atoms. The maximum atomic E-state index is 13.2. The monoisotopic (exact) mass is 420 g/mol. The molecule has 0 spiro atoms. The summed E-state index contributed by atoms with van der Waals surface area (Å²) in [5.41, 5.74) is 1.67. The van der Waals surface area contributed by atoms with Gasteiger partial charge in [0.2, 0.25) is 5.91 Å². The number of carbonyl (C=O) groups excluding carboxylic acids is 1. The fraction of sp³-hybridized carbons (Fsp3) is 0.440. The van der Waals surface area contributed by atoms with Gasteiger partial charge in [0, 0.05) is 0 Å². The van der Waals surface area contributed by atoms with Crippen molar-refractivity contribution in [3.63, 3.8) is 0 Å². The molecule has 2 aromatic carbocycles. The number of anilines is 1. The first kappa shape index (κ1) is 19.6. The zero-order chi connectivity index (χ0) is 20.6. The Morgan fingerprint density at radius 3 is 2.20 bits per heavy atom. The van der Waals surface area contributed by atoms with Crippen LogP contribution >= 0.6 is 12.2 Å². The number of benzene rings is 2. The van der Waals surface area contributed by atoms with Gasteiger partial charge in [0.1, 0.15) is 12.4 Å². The molecule has 1 amide bonds. The molecule has 0 aromatic heterocycles. The predicted molar refractivity (Wildman–Crippen MR) is 122 cm³/mol. The van der Waals surface area contributed by atoms with Gasteiger partial charge in [0.15, 0.2) is 5.11 Å². The molecule has 0 heterocycles. The average Bonchev–Trinajstić information content (AvgIpc) is 2.73. The molecule has 4 aliphatic carbocycles. The van der Waals surface area contributed by atoms with E-state index in [0.717, 1.165) is 48.3 Å². The molecule has 0 saturated heterocycles. The van der Waals surface area contributed by atoms with E-state index in [1.54, 1.807) is 0 Å². The van der Waals surface area contributed by atoms with Gasteiger partial charge in [-0.1, -0.05) is 42.5 Å². The zero-order valence-electron chi connectivity index (χ0n) is 17.1. The van der Waals surface area contributed by atoms with Crippen LogP contribution in [-0.2, 0) is 11.4 Å². The second kappa shape index (κ2) is 8.03. The third-order valence-corrected chi connectivity index (χ3v) is 7.32. The first-order valence-corrected chi connectivity index (χ1v) is 11.4. The molecule has 5 heteroatoms. The number of nitrogens with one attached hydrogen (secondary N) is 2. The summed E-state index contributed by atoms with van der Waals surface area (Å²) in [4.78, 5) is 13.2. The molecule has 0 unspecified atom stereocenters. The van der Waals surface area contributed by atoms with Gasteiger partial charge in [0.05, 0.1) is 11.1 Å². The molecule has 4 aliphatic rings. The Labute approximate surface area is 183 Å². The summed E-state index contributed by atoms with van der Waals surface area (Å²) in [6.07, 6.45) is 7.06. The minimum atomic E-state index is -0.205. The number of rotatable bonds is 5. The van der Waals surface area contributed by atoms with Crippen LogP contribution in [0.2, 0.25) is 0 Å². The zero-order valence-corrected chi connectivity index (χ0v) is 17.9. The second-order valence-corrected chi connectivity index (χ2v) is 9.78. The fourth-order valence-electron chi connectivity index (χ4n) is 6.21. The Bertz CT molecular complexity index is 908. The summed E-state index contributed by atoms with van der Waals surface area (Å²) in [6.45, 7) is 0.478. The highest BCUT2D eigenvalue weighted by Gasteiger charge is 2.54. The van der Waals surface area contributed by atoms with E-state index >= 15 is 0 Å². The highest BCUT2D eigenvalue weighted by Crippen LogP contribution is 2.60. The van der Waals surface area contributed by atoms with E-state index in [1.165, 1.54) is 19.3 Å². The number of thiocarbonyl (C=S) groups is 1. The van der Waals surface area contributed by atoms with Crippen LogP contribution in [0.5, 0.6) is 5.75 Å². The van der Waals surface area contributed by atoms with Crippen LogP contribution in [0.3, 0.4) is 0 Å². The summed E-state index contributed by atoms with van der Waals surface area (Å²) in [7, 11) is 0. The van der Waals surface area contributed by atoms with E-state index in [9.17, 15) is 4.79 Å². The molecular formula is C25H28N2O2S. The molecular weight excluding hydrogens is 392 g/mol. The molecule has 156 valence electrons.